The minimum atomic E-state index is -0.357. The van der Waals surface area contributed by atoms with Crippen molar-refractivity contribution in [2.24, 2.45) is 0 Å². The summed E-state index contributed by atoms with van der Waals surface area (Å²) in [6.07, 6.45) is 3.69. The number of benzene rings is 2. The number of aliphatic hydroxyl groups excluding tert-OH is 1. The summed E-state index contributed by atoms with van der Waals surface area (Å²) in [4.78, 5) is 12.7. The van der Waals surface area contributed by atoms with Crippen LogP contribution in [0.5, 0.6) is 17.2 Å². The molecule has 0 radical (unpaired) electrons. The number of phenolic OH excluding ortho intramolecular Hbond substituents is 2. The van der Waals surface area contributed by atoms with Gasteiger partial charge in [-0.2, -0.15) is 0 Å². The number of unbranched alkanes of at least 4 members (excludes halogenated alkanes) is 2. The van der Waals surface area contributed by atoms with Gasteiger partial charge in [-0.1, -0.05) is 12.1 Å². The Morgan fingerprint density at radius 2 is 1.77 bits per heavy atom. The number of rotatable bonds is 7. The van der Waals surface area contributed by atoms with Crippen molar-refractivity contribution in [1.82, 2.24) is 0 Å². The van der Waals surface area contributed by atoms with Crippen LogP contribution in [-0.2, 0) is 0 Å². The maximum Gasteiger partial charge on any atom is 0.204 e. The highest BCUT2D eigenvalue weighted by Crippen LogP contribution is 2.30. The second kappa shape index (κ2) is 7.93. The number of fused-ring (bicyclic) bond motifs is 1. The molecule has 0 aliphatic rings. The topological polar surface area (TPSA) is 100 Å². The van der Waals surface area contributed by atoms with Crippen molar-refractivity contribution in [1.29, 1.82) is 0 Å². The number of phenols is 2. The Bertz CT molecular complexity index is 943. The average Bonchev–Trinajstić information content (AvgIpc) is 2.62. The standard InChI is InChI=1S/C20H20O6/c21-8-2-1-3-9-25-15-10-17(23)19-18(11-15)26-12-16(20(19)24)13-4-6-14(22)7-5-13/h4-7,10-12,21-23H,1-3,8-9H2. The molecule has 0 bridgehead atoms. The second-order valence-electron chi connectivity index (χ2n) is 5.97. The summed E-state index contributed by atoms with van der Waals surface area (Å²) in [5, 5.41) is 28.5. The molecule has 6 nitrogen and oxygen atoms in total. The molecular formula is C20H20O6. The first kappa shape index (κ1) is 17.8. The molecule has 3 aromatic rings. The molecule has 0 unspecified atom stereocenters. The van der Waals surface area contributed by atoms with Gasteiger partial charge in [0.05, 0.1) is 12.2 Å². The zero-order chi connectivity index (χ0) is 18.5. The lowest BCUT2D eigenvalue weighted by molar-refractivity contribution is 0.266. The lowest BCUT2D eigenvalue weighted by atomic mass is 10.0. The van der Waals surface area contributed by atoms with Gasteiger partial charge < -0.3 is 24.5 Å². The molecule has 0 aliphatic carbocycles. The van der Waals surface area contributed by atoms with Gasteiger partial charge in [0.1, 0.15) is 34.5 Å². The van der Waals surface area contributed by atoms with E-state index in [0.29, 0.717) is 23.5 Å². The smallest absolute Gasteiger partial charge is 0.204 e. The highest BCUT2D eigenvalue weighted by molar-refractivity contribution is 5.88. The van der Waals surface area contributed by atoms with Crippen molar-refractivity contribution in [2.45, 2.75) is 19.3 Å². The van der Waals surface area contributed by atoms with Crippen molar-refractivity contribution >= 4 is 11.0 Å². The first-order valence-electron chi connectivity index (χ1n) is 8.41. The molecule has 136 valence electrons. The van der Waals surface area contributed by atoms with E-state index in [0.717, 1.165) is 19.3 Å². The van der Waals surface area contributed by atoms with Crippen LogP contribution in [0.3, 0.4) is 0 Å². The van der Waals surface area contributed by atoms with Gasteiger partial charge in [0, 0.05) is 18.7 Å². The van der Waals surface area contributed by atoms with Crippen LogP contribution in [0.2, 0.25) is 0 Å². The van der Waals surface area contributed by atoms with Gasteiger partial charge in [0.2, 0.25) is 5.43 Å². The van der Waals surface area contributed by atoms with E-state index in [1.807, 2.05) is 0 Å². The number of hydrogen-bond acceptors (Lipinski definition) is 6. The van der Waals surface area contributed by atoms with E-state index >= 15 is 0 Å². The molecule has 0 saturated carbocycles. The van der Waals surface area contributed by atoms with Gasteiger partial charge in [-0.3, -0.25) is 4.79 Å². The molecule has 1 aromatic heterocycles. The molecule has 3 rings (SSSR count). The molecule has 0 aliphatic heterocycles. The summed E-state index contributed by atoms with van der Waals surface area (Å²) < 4.78 is 11.1. The molecule has 1 heterocycles. The van der Waals surface area contributed by atoms with Crippen LogP contribution in [-0.4, -0.2) is 28.5 Å². The van der Waals surface area contributed by atoms with Gasteiger partial charge in [-0.15, -0.1) is 0 Å². The predicted molar refractivity (Wildman–Crippen MR) is 97.7 cm³/mol. The molecule has 6 heteroatoms. The summed E-state index contributed by atoms with van der Waals surface area (Å²) in [5.41, 5.74) is 0.763. The molecule has 0 fully saturated rings. The van der Waals surface area contributed by atoms with Gasteiger partial charge in [-0.05, 0) is 37.0 Å². The third kappa shape index (κ3) is 3.81. The molecule has 0 atom stereocenters. The van der Waals surface area contributed by atoms with Crippen LogP contribution in [0.4, 0.5) is 0 Å². The largest absolute Gasteiger partial charge is 0.508 e. The Morgan fingerprint density at radius 3 is 2.50 bits per heavy atom. The van der Waals surface area contributed by atoms with Crippen LogP contribution < -0.4 is 10.2 Å². The number of aliphatic hydroxyl groups is 1. The van der Waals surface area contributed by atoms with E-state index in [-0.39, 0.29) is 34.5 Å². The van der Waals surface area contributed by atoms with Crippen LogP contribution in [0.15, 0.2) is 51.9 Å². The Hall–Kier alpha value is -2.99. The zero-order valence-electron chi connectivity index (χ0n) is 14.1. The predicted octanol–water partition coefficient (Wildman–Crippen LogP) is 3.41. The van der Waals surface area contributed by atoms with E-state index in [4.69, 9.17) is 14.3 Å². The Morgan fingerprint density at radius 1 is 1.00 bits per heavy atom. The highest BCUT2D eigenvalue weighted by Gasteiger charge is 2.14. The van der Waals surface area contributed by atoms with E-state index in [1.165, 1.54) is 24.5 Å². The maximum atomic E-state index is 12.7. The molecule has 3 N–H and O–H groups in total. The highest BCUT2D eigenvalue weighted by atomic mass is 16.5. The lowest BCUT2D eigenvalue weighted by Crippen LogP contribution is -2.05. The molecule has 0 amide bonds. The van der Waals surface area contributed by atoms with Crippen molar-refractivity contribution < 1.29 is 24.5 Å². The third-order valence-electron chi connectivity index (χ3n) is 4.08. The van der Waals surface area contributed by atoms with Gasteiger partial charge >= 0.3 is 0 Å². The first-order valence-corrected chi connectivity index (χ1v) is 8.41. The fourth-order valence-electron chi connectivity index (χ4n) is 2.71. The van der Waals surface area contributed by atoms with Gasteiger partial charge in [0.25, 0.3) is 0 Å². The molecule has 0 saturated heterocycles. The first-order chi connectivity index (χ1) is 12.6. The van der Waals surface area contributed by atoms with E-state index in [2.05, 4.69) is 0 Å². The molecule has 0 spiro atoms. The second-order valence-corrected chi connectivity index (χ2v) is 5.97. The minimum absolute atomic E-state index is 0.0863. The van der Waals surface area contributed by atoms with Crippen LogP contribution >= 0.6 is 0 Å². The fourth-order valence-corrected chi connectivity index (χ4v) is 2.71. The lowest BCUT2D eigenvalue weighted by Gasteiger charge is -2.09. The quantitative estimate of drug-likeness (QED) is 0.561. The summed E-state index contributed by atoms with van der Waals surface area (Å²) >= 11 is 0. The SMILES string of the molecule is O=c1c(-c2ccc(O)cc2)coc2cc(OCCCCCO)cc(O)c12. The summed E-state index contributed by atoms with van der Waals surface area (Å²) in [7, 11) is 0. The van der Waals surface area contributed by atoms with Crippen LogP contribution in [0, 0.1) is 0 Å². The minimum Gasteiger partial charge on any atom is -0.508 e. The third-order valence-corrected chi connectivity index (χ3v) is 4.08. The van der Waals surface area contributed by atoms with Crippen LogP contribution in [0.25, 0.3) is 22.1 Å². The Kier molecular flexibility index (Phi) is 5.43. The summed E-state index contributed by atoms with van der Waals surface area (Å²) in [6, 6.07) is 9.14. The fraction of sp³-hybridized carbons (Fsp3) is 0.250. The van der Waals surface area contributed by atoms with E-state index in [1.54, 1.807) is 18.2 Å². The van der Waals surface area contributed by atoms with Crippen molar-refractivity contribution in [3.05, 3.63) is 52.9 Å². The zero-order valence-corrected chi connectivity index (χ0v) is 14.1. The van der Waals surface area contributed by atoms with Crippen molar-refractivity contribution in [2.75, 3.05) is 13.2 Å². The van der Waals surface area contributed by atoms with Crippen molar-refractivity contribution in [3.8, 4) is 28.4 Å². The number of aromatic hydroxyl groups is 2. The molecule has 26 heavy (non-hydrogen) atoms. The summed E-state index contributed by atoms with van der Waals surface area (Å²) in [5.74, 6) is 0.310. The number of ether oxygens (including phenoxy) is 1. The monoisotopic (exact) mass is 356 g/mol. The molecule has 2 aromatic carbocycles. The van der Waals surface area contributed by atoms with E-state index < -0.39 is 0 Å². The maximum absolute atomic E-state index is 12.7. The molecular weight excluding hydrogens is 336 g/mol. The summed E-state index contributed by atoms with van der Waals surface area (Å²) in [6.45, 7) is 0.603. The average molecular weight is 356 g/mol. The van der Waals surface area contributed by atoms with Gasteiger partial charge in [0.15, 0.2) is 0 Å². The van der Waals surface area contributed by atoms with E-state index in [9.17, 15) is 15.0 Å². The Labute approximate surface area is 149 Å². The van der Waals surface area contributed by atoms with Crippen molar-refractivity contribution in [3.63, 3.8) is 0 Å². The van der Waals surface area contributed by atoms with Gasteiger partial charge in [-0.25, -0.2) is 0 Å². The number of hydrogen-bond donors (Lipinski definition) is 3. The Balaban J connectivity index is 1.89. The van der Waals surface area contributed by atoms with Crippen LogP contribution in [0.1, 0.15) is 19.3 Å². The normalized spacial score (nSPS) is 11.0.